The van der Waals surface area contributed by atoms with E-state index in [1.807, 2.05) is 0 Å². The zero-order valence-corrected chi connectivity index (χ0v) is 11.3. The highest BCUT2D eigenvalue weighted by atomic mass is 16.5. The summed E-state index contributed by atoms with van der Waals surface area (Å²) >= 11 is 0. The van der Waals surface area contributed by atoms with E-state index in [4.69, 9.17) is 9.84 Å². The van der Waals surface area contributed by atoms with Gasteiger partial charge in [0.25, 0.3) is 0 Å². The van der Waals surface area contributed by atoms with Gasteiger partial charge in [0.15, 0.2) is 0 Å². The number of esters is 1. The van der Waals surface area contributed by atoms with Crippen molar-refractivity contribution in [2.45, 2.75) is 58.0 Å². The Bertz CT molecular complexity index is 242. The molecule has 0 radical (unpaired) electrons. The molecule has 0 aromatic rings. The van der Waals surface area contributed by atoms with Crippen molar-refractivity contribution in [1.82, 2.24) is 0 Å². The van der Waals surface area contributed by atoms with Crippen molar-refractivity contribution in [3.05, 3.63) is 0 Å². The molecule has 18 heavy (non-hydrogen) atoms. The molecule has 1 rings (SSSR count). The molecule has 0 bridgehead atoms. The van der Waals surface area contributed by atoms with Gasteiger partial charge in [0.2, 0.25) is 0 Å². The van der Waals surface area contributed by atoms with Crippen molar-refractivity contribution in [3.63, 3.8) is 0 Å². The largest absolute Gasteiger partial charge is 0.466 e. The molecule has 106 valence electrons. The Morgan fingerprint density at radius 3 is 2.72 bits per heavy atom. The Balaban J connectivity index is 2.47. The van der Waals surface area contributed by atoms with Gasteiger partial charge in [-0.15, -0.1) is 0 Å². The number of hydrogen-bond donors (Lipinski definition) is 2. The van der Waals surface area contributed by atoms with Crippen molar-refractivity contribution in [2.24, 2.45) is 11.8 Å². The van der Waals surface area contributed by atoms with Crippen molar-refractivity contribution in [3.8, 4) is 0 Å². The molecular weight excluding hydrogens is 232 g/mol. The van der Waals surface area contributed by atoms with Gasteiger partial charge >= 0.3 is 5.97 Å². The van der Waals surface area contributed by atoms with Crippen LogP contribution in [0.3, 0.4) is 0 Å². The molecule has 1 saturated carbocycles. The van der Waals surface area contributed by atoms with Crippen molar-refractivity contribution >= 4 is 5.97 Å². The van der Waals surface area contributed by atoms with Crippen LogP contribution in [0.1, 0.15) is 51.9 Å². The van der Waals surface area contributed by atoms with Crippen molar-refractivity contribution in [2.75, 3.05) is 13.2 Å². The summed E-state index contributed by atoms with van der Waals surface area (Å²) in [4.78, 5) is 11.9. The average molecular weight is 258 g/mol. The second-order valence-electron chi connectivity index (χ2n) is 5.11. The highest BCUT2D eigenvalue weighted by Crippen LogP contribution is 2.34. The van der Waals surface area contributed by atoms with Gasteiger partial charge in [0, 0.05) is 6.61 Å². The number of unbranched alkanes of at least 4 members (excludes halogenated alkanes) is 2. The summed E-state index contributed by atoms with van der Waals surface area (Å²) < 4.78 is 5.07. The van der Waals surface area contributed by atoms with E-state index in [-0.39, 0.29) is 24.4 Å². The fraction of sp³-hybridized carbons (Fsp3) is 0.929. The molecule has 0 spiro atoms. The number of carbonyl (C=O) groups is 1. The number of rotatable bonds is 7. The predicted molar refractivity (Wildman–Crippen MR) is 69.0 cm³/mol. The smallest absolute Gasteiger partial charge is 0.311 e. The van der Waals surface area contributed by atoms with Crippen LogP contribution in [0, 0.1) is 11.8 Å². The molecule has 0 aliphatic heterocycles. The van der Waals surface area contributed by atoms with Crippen LogP contribution < -0.4 is 0 Å². The molecule has 3 atom stereocenters. The van der Waals surface area contributed by atoms with Gasteiger partial charge < -0.3 is 14.9 Å². The summed E-state index contributed by atoms with van der Waals surface area (Å²) in [7, 11) is 0. The van der Waals surface area contributed by atoms with Gasteiger partial charge in [0.1, 0.15) is 0 Å². The van der Waals surface area contributed by atoms with Crippen LogP contribution in [0.15, 0.2) is 0 Å². The van der Waals surface area contributed by atoms with E-state index < -0.39 is 6.10 Å². The minimum absolute atomic E-state index is 0.231. The number of hydrogen-bond acceptors (Lipinski definition) is 4. The molecule has 4 nitrogen and oxygen atoms in total. The summed E-state index contributed by atoms with van der Waals surface area (Å²) in [6.45, 7) is 2.40. The minimum atomic E-state index is -0.541. The second-order valence-corrected chi connectivity index (χ2v) is 5.11. The number of ether oxygens (including phenoxy) is 1. The van der Waals surface area contributed by atoms with Crippen molar-refractivity contribution < 1.29 is 19.7 Å². The van der Waals surface area contributed by atoms with Gasteiger partial charge in [-0.05, 0) is 38.5 Å². The molecule has 0 saturated heterocycles. The first kappa shape index (κ1) is 15.4. The fourth-order valence-corrected chi connectivity index (χ4v) is 2.87. The monoisotopic (exact) mass is 258 g/mol. The first-order chi connectivity index (χ1) is 8.70. The summed E-state index contributed by atoms with van der Waals surface area (Å²) in [5.74, 6) is -0.337. The van der Waals surface area contributed by atoms with Crippen LogP contribution >= 0.6 is 0 Å². The highest BCUT2D eigenvalue weighted by Gasteiger charge is 2.37. The zero-order valence-electron chi connectivity index (χ0n) is 11.3. The molecule has 0 unspecified atom stereocenters. The van der Waals surface area contributed by atoms with Gasteiger partial charge in [-0.25, -0.2) is 0 Å². The second kappa shape index (κ2) is 8.48. The van der Waals surface area contributed by atoms with Gasteiger partial charge in [-0.1, -0.05) is 19.3 Å². The van der Waals surface area contributed by atoms with E-state index in [9.17, 15) is 9.90 Å². The molecule has 1 fully saturated rings. The van der Waals surface area contributed by atoms with Crippen LogP contribution in [-0.2, 0) is 9.53 Å². The van der Waals surface area contributed by atoms with Gasteiger partial charge in [-0.2, -0.15) is 0 Å². The maximum absolute atomic E-state index is 11.9. The van der Waals surface area contributed by atoms with Crippen LogP contribution in [0.25, 0.3) is 0 Å². The lowest BCUT2D eigenvalue weighted by atomic mass is 9.75. The molecular formula is C14H26O4. The average Bonchev–Trinajstić information content (AvgIpc) is 2.35. The lowest BCUT2D eigenvalue weighted by Gasteiger charge is -2.33. The first-order valence-electron chi connectivity index (χ1n) is 7.16. The normalized spacial score (nSPS) is 28.1. The summed E-state index contributed by atoms with van der Waals surface area (Å²) in [5.41, 5.74) is 0. The fourth-order valence-electron chi connectivity index (χ4n) is 2.87. The minimum Gasteiger partial charge on any atom is -0.466 e. The molecule has 0 aromatic carbocycles. The third-order valence-electron chi connectivity index (χ3n) is 3.79. The third kappa shape index (κ3) is 4.58. The Morgan fingerprint density at radius 2 is 2.06 bits per heavy atom. The molecule has 2 N–H and O–H groups in total. The Labute approximate surface area is 109 Å². The van der Waals surface area contributed by atoms with E-state index >= 15 is 0 Å². The molecule has 0 amide bonds. The van der Waals surface area contributed by atoms with E-state index in [0.717, 1.165) is 38.5 Å². The zero-order chi connectivity index (χ0) is 13.4. The molecule has 1 aliphatic rings. The van der Waals surface area contributed by atoms with Crippen LogP contribution in [0.5, 0.6) is 0 Å². The summed E-state index contributed by atoms with van der Waals surface area (Å²) in [5, 5.41) is 18.7. The third-order valence-corrected chi connectivity index (χ3v) is 3.79. The van der Waals surface area contributed by atoms with E-state index in [1.165, 1.54) is 0 Å². The highest BCUT2D eigenvalue weighted by molar-refractivity contribution is 5.73. The molecule has 0 aromatic heterocycles. The Kier molecular flexibility index (Phi) is 7.28. The predicted octanol–water partition coefficient (Wildman–Crippen LogP) is 1.88. The summed E-state index contributed by atoms with van der Waals surface area (Å²) in [6.07, 6.45) is 5.91. The maximum atomic E-state index is 11.9. The first-order valence-corrected chi connectivity index (χ1v) is 7.16. The molecule has 4 heteroatoms. The van der Waals surface area contributed by atoms with Gasteiger partial charge in [0.05, 0.1) is 18.6 Å². The quantitative estimate of drug-likeness (QED) is 0.540. The van der Waals surface area contributed by atoms with E-state index in [0.29, 0.717) is 13.0 Å². The van der Waals surface area contributed by atoms with Crippen molar-refractivity contribution in [1.29, 1.82) is 0 Å². The van der Waals surface area contributed by atoms with E-state index in [2.05, 4.69) is 0 Å². The van der Waals surface area contributed by atoms with Crippen LogP contribution in [0.2, 0.25) is 0 Å². The SMILES string of the molecule is CCOC(=O)[C@@H]1[C@@H](CCCCCO)CCC[C@@H]1O. The number of aliphatic hydroxyl groups excluding tert-OH is 2. The van der Waals surface area contributed by atoms with Gasteiger partial charge in [-0.3, -0.25) is 4.79 Å². The Hall–Kier alpha value is -0.610. The summed E-state index contributed by atoms with van der Waals surface area (Å²) in [6, 6.07) is 0. The lowest BCUT2D eigenvalue weighted by molar-refractivity contribution is -0.157. The van der Waals surface area contributed by atoms with E-state index in [1.54, 1.807) is 6.92 Å². The molecule has 1 aliphatic carbocycles. The van der Waals surface area contributed by atoms with Crippen LogP contribution in [0.4, 0.5) is 0 Å². The van der Waals surface area contributed by atoms with Crippen LogP contribution in [-0.4, -0.2) is 35.5 Å². The standard InChI is InChI=1S/C14H26O4/c1-2-18-14(17)13-11(7-4-3-5-10-15)8-6-9-12(13)16/h11-13,15-16H,2-10H2,1H3/t11-,12-,13+/m0/s1. The molecule has 0 heterocycles. The topological polar surface area (TPSA) is 66.8 Å². The maximum Gasteiger partial charge on any atom is 0.311 e. The lowest BCUT2D eigenvalue weighted by Crippen LogP contribution is -2.39. The Morgan fingerprint density at radius 1 is 1.28 bits per heavy atom. The number of aliphatic hydroxyl groups is 2. The number of carbonyl (C=O) groups excluding carboxylic acids is 1.